The highest BCUT2D eigenvalue weighted by atomic mass is 35.5. The number of nitrogen functional groups attached to an aromatic ring is 1. The molecule has 0 amide bonds. The standard InChI is InChI=1S/C15H17ClN2/c1-11-5-3-6-12(9-11)10-18(2)14-8-4-7-13(16)15(14)17/h3-9H,10,17H2,1-2H3. The van der Waals surface area contributed by atoms with E-state index in [0.717, 1.165) is 12.2 Å². The maximum Gasteiger partial charge on any atom is 0.0741 e. The molecule has 0 aromatic heterocycles. The Bertz CT molecular complexity index is 552. The molecule has 0 unspecified atom stereocenters. The van der Waals surface area contributed by atoms with Gasteiger partial charge in [-0.05, 0) is 24.6 Å². The van der Waals surface area contributed by atoms with Crippen molar-refractivity contribution in [2.24, 2.45) is 0 Å². The SMILES string of the molecule is Cc1cccc(CN(C)c2cccc(Cl)c2N)c1. The second-order valence-electron chi connectivity index (χ2n) is 4.52. The summed E-state index contributed by atoms with van der Waals surface area (Å²) < 4.78 is 0. The third-order valence-electron chi connectivity index (χ3n) is 2.94. The van der Waals surface area contributed by atoms with Gasteiger partial charge in [0.2, 0.25) is 0 Å². The van der Waals surface area contributed by atoms with Crippen molar-refractivity contribution in [1.82, 2.24) is 0 Å². The highest BCUT2D eigenvalue weighted by Gasteiger charge is 2.08. The first-order valence-corrected chi connectivity index (χ1v) is 6.26. The topological polar surface area (TPSA) is 29.3 Å². The molecule has 0 aliphatic carbocycles. The molecule has 0 spiro atoms. The summed E-state index contributed by atoms with van der Waals surface area (Å²) in [6, 6.07) is 14.2. The molecule has 0 heterocycles. The Kier molecular flexibility index (Phi) is 3.78. The Hall–Kier alpha value is -1.67. The van der Waals surface area contributed by atoms with Crippen LogP contribution in [-0.4, -0.2) is 7.05 Å². The van der Waals surface area contributed by atoms with Crippen molar-refractivity contribution < 1.29 is 0 Å². The minimum Gasteiger partial charge on any atom is -0.396 e. The summed E-state index contributed by atoms with van der Waals surface area (Å²) >= 11 is 6.03. The fraction of sp³-hybridized carbons (Fsp3) is 0.200. The first-order chi connectivity index (χ1) is 8.58. The number of anilines is 2. The number of nitrogens with zero attached hydrogens (tertiary/aromatic N) is 1. The molecule has 2 aromatic rings. The summed E-state index contributed by atoms with van der Waals surface area (Å²) in [6.07, 6.45) is 0. The zero-order chi connectivity index (χ0) is 13.1. The molecule has 2 nitrogen and oxygen atoms in total. The summed E-state index contributed by atoms with van der Waals surface area (Å²) in [4.78, 5) is 2.11. The van der Waals surface area contributed by atoms with Crippen molar-refractivity contribution in [2.45, 2.75) is 13.5 Å². The van der Waals surface area contributed by atoms with Crippen LogP contribution in [0.4, 0.5) is 11.4 Å². The van der Waals surface area contributed by atoms with Gasteiger partial charge in [0.15, 0.2) is 0 Å². The Morgan fingerprint density at radius 3 is 2.61 bits per heavy atom. The highest BCUT2D eigenvalue weighted by molar-refractivity contribution is 6.33. The lowest BCUT2D eigenvalue weighted by molar-refractivity contribution is 0.923. The third kappa shape index (κ3) is 2.77. The molecule has 0 aliphatic heterocycles. The van der Waals surface area contributed by atoms with Gasteiger partial charge in [-0.2, -0.15) is 0 Å². The second kappa shape index (κ2) is 5.32. The van der Waals surface area contributed by atoms with Crippen LogP contribution < -0.4 is 10.6 Å². The Labute approximate surface area is 113 Å². The number of halogens is 1. The van der Waals surface area contributed by atoms with Crippen LogP contribution in [0.25, 0.3) is 0 Å². The second-order valence-corrected chi connectivity index (χ2v) is 4.92. The van der Waals surface area contributed by atoms with Crippen molar-refractivity contribution in [1.29, 1.82) is 0 Å². The summed E-state index contributed by atoms with van der Waals surface area (Å²) in [7, 11) is 2.02. The van der Waals surface area contributed by atoms with E-state index in [2.05, 4.69) is 36.1 Å². The summed E-state index contributed by atoms with van der Waals surface area (Å²) in [5.41, 5.74) is 10.1. The number of para-hydroxylation sites is 1. The molecule has 0 saturated heterocycles. The zero-order valence-corrected chi connectivity index (χ0v) is 11.4. The van der Waals surface area contributed by atoms with Crippen molar-refractivity contribution in [2.75, 3.05) is 17.7 Å². The van der Waals surface area contributed by atoms with Crippen molar-refractivity contribution in [3.05, 3.63) is 58.6 Å². The maximum absolute atomic E-state index is 6.03. The van der Waals surface area contributed by atoms with E-state index in [1.54, 1.807) is 6.07 Å². The molecule has 0 aliphatic rings. The van der Waals surface area contributed by atoms with E-state index in [0.29, 0.717) is 10.7 Å². The largest absolute Gasteiger partial charge is 0.396 e. The fourth-order valence-corrected chi connectivity index (χ4v) is 2.20. The normalized spacial score (nSPS) is 10.4. The van der Waals surface area contributed by atoms with Crippen molar-refractivity contribution in [3.63, 3.8) is 0 Å². The number of nitrogens with two attached hydrogens (primary N) is 1. The van der Waals surface area contributed by atoms with Crippen LogP contribution in [0, 0.1) is 6.92 Å². The van der Waals surface area contributed by atoms with Crippen LogP contribution in [0.15, 0.2) is 42.5 Å². The minimum atomic E-state index is 0.601. The van der Waals surface area contributed by atoms with E-state index in [1.807, 2.05) is 19.2 Å². The van der Waals surface area contributed by atoms with Crippen LogP contribution in [-0.2, 0) is 6.54 Å². The van der Waals surface area contributed by atoms with Crippen molar-refractivity contribution >= 4 is 23.0 Å². The van der Waals surface area contributed by atoms with Crippen LogP contribution in [0.2, 0.25) is 5.02 Å². The molecule has 3 heteroatoms. The number of benzene rings is 2. The monoisotopic (exact) mass is 260 g/mol. The van der Waals surface area contributed by atoms with Gasteiger partial charge < -0.3 is 10.6 Å². The third-order valence-corrected chi connectivity index (χ3v) is 3.27. The molecule has 0 radical (unpaired) electrons. The van der Waals surface area contributed by atoms with E-state index in [9.17, 15) is 0 Å². The van der Waals surface area contributed by atoms with E-state index in [1.165, 1.54) is 11.1 Å². The molecule has 2 aromatic carbocycles. The van der Waals surface area contributed by atoms with Crippen LogP contribution in [0.5, 0.6) is 0 Å². The molecule has 0 atom stereocenters. The molecule has 2 N–H and O–H groups in total. The molecular formula is C15H17ClN2. The van der Waals surface area contributed by atoms with Gasteiger partial charge in [0.05, 0.1) is 16.4 Å². The fourth-order valence-electron chi connectivity index (χ4n) is 2.03. The Morgan fingerprint density at radius 1 is 1.17 bits per heavy atom. The number of hydrogen-bond donors (Lipinski definition) is 1. The van der Waals surface area contributed by atoms with Gasteiger partial charge in [0, 0.05) is 13.6 Å². The summed E-state index contributed by atoms with van der Waals surface area (Å²) in [5, 5.41) is 0.601. The van der Waals surface area contributed by atoms with Gasteiger partial charge in [0.25, 0.3) is 0 Å². The van der Waals surface area contributed by atoms with Gasteiger partial charge in [-0.15, -0.1) is 0 Å². The molecule has 0 bridgehead atoms. The van der Waals surface area contributed by atoms with Crippen LogP contribution in [0.3, 0.4) is 0 Å². The smallest absolute Gasteiger partial charge is 0.0741 e. The minimum absolute atomic E-state index is 0.601. The van der Waals surface area contributed by atoms with E-state index < -0.39 is 0 Å². The molecule has 0 fully saturated rings. The first-order valence-electron chi connectivity index (χ1n) is 5.88. The molecule has 94 valence electrons. The van der Waals surface area contributed by atoms with E-state index in [-0.39, 0.29) is 0 Å². The quantitative estimate of drug-likeness (QED) is 0.849. The van der Waals surface area contributed by atoms with Crippen molar-refractivity contribution in [3.8, 4) is 0 Å². The van der Waals surface area contributed by atoms with Gasteiger partial charge >= 0.3 is 0 Å². The van der Waals surface area contributed by atoms with Gasteiger partial charge in [0.1, 0.15) is 0 Å². The molecule has 0 saturated carbocycles. The zero-order valence-electron chi connectivity index (χ0n) is 10.7. The lowest BCUT2D eigenvalue weighted by atomic mass is 10.1. The lowest BCUT2D eigenvalue weighted by Crippen LogP contribution is -2.17. The van der Waals surface area contributed by atoms with Crippen LogP contribution in [0.1, 0.15) is 11.1 Å². The molecule has 18 heavy (non-hydrogen) atoms. The van der Waals surface area contributed by atoms with E-state index >= 15 is 0 Å². The predicted molar refractivity (Wildman–Crippen MR) is 79.2 cm³/mol. The van der Waals surface area contributed by atoms with Gasteiger partial charge in [-0.25, -0.2) is 0 Å². The molecular weight excluding hydrogens is 244 g/mol. The predicted octanol–water partition coefficient (Wildman–Crippen LogP) is 3.87. The van der Waals surface area contributed by atoms with Gasteiger partial charge in [-0.1, -0.05) is 47.5 Å². The highest BCUT2D eigenvalue weighted by Crippen LogP contribution is 2.30. The average molecular weight is 261 g/mol. The lowest BCUT2D eigenvalue weighted by Gasteiger charge is -2.21. The Morgan fingerprint density at radius 2 is 1.89 bits per heavy atom. The summed E-state index contributed by atoms with van der Waals surface area (Å²) in [5.74, 6) is 0. The average Bonchev–Trinajstić information content (AvgIpc) is 2.32. The van der Waals surface area contributed by atoms with Gasteiger partial charge in [-0.3, -0.25) is 0 Å². The maximum atomic E-state index is 6.03. The summed E-state index contributed by atoms with van der Waals surface area (Å²) in [6.45, 7) is 2.91. The van der Waals surface area contributed by atoms with E-state index in [4.69, 9.17) is 17.3 Å². The first kappa shape index (κ1) is 12.8. The number of aryl methyl sites for hydroxylation is 1. The molecule has 2 rings (SSSR count). The number of hydrogen-bond acceptors (Lipinski definition) is 2. The number of rotatable bonds is 3. The van der Waals surface area contributed by atoms with Crippen LogP contribution >= 0.6 is 11.6 Å². The Balaban J connectivity index is 2.22.